The van der Waals surface area contributed by atoms with Gasteiger partial charge in [-0.05, 0) is 29.8 Å². The summed E-state index contributed by atoms with van der Waals surface area (Å²) in [5.41, 5.74) is 1.76. The molecule has 0 aliphatic heterocycles. The molecular weight excluding hydrogens is 360 g/mol. The van der Waals surface area contributed by atoms with E-state index in [-0.39, 0.29) is 5.91 Å². The van der Waals surface area contributed by atoms with Gasteiger partial charge in [-0.3, -0.25) is 4.79 Å². The number of thioether (sulfide) groups is 1. The molecule has 112 valence electrons. The number of nitrogens with one attached hydrogen (secondary N) is 1. The van der Waals surface area contributed by atoms with Crippen molar-refractivity contribution >= 4 is 39.3 Å². The molecule has 1 amide bonds. The van der Waals surface area contributed by atoms with E-state index in [0.717, 1.165) is 26.4 Å². The first-order valence-corrected chi connectivity index (χ1v) is 8.60. The number of carbonyl (C=O) groups excluding carboxylic acids is 1. The summed E-state index contributed by atoms with van der Waals surface area (Å²) in [7, 11) is 0. The summed E-state index contributed by atoms with van der Waals surface area (Å²) in [6.45, 7) is 0. The minimum Gasteiger partial charge on any atom is -0.325 e. The predicted octanol–water partition coefficient (Wildman–Crippen LogP) is 4.64. The predicted molar refractivity (Wildman–Crippen MR) is 93.9 cm³/mol. The molecule has 0 unspecified atom stereocenters. The lowest BCUT2D eigenvalue weighted by atomic mass is 10.1. The third kappa shape index (κ3) is 5.21. The molecule has 0 aromatic heterocycles. The van der Waals surface area contributed by atoms with E-state index in [1.807, 2.05) is 48.5 Å². The van der Waals surface area contributed by atoms with E-state index in [1.54, 1.807) is 11.8 Å². The summed E-state index contributed by atoms with van der Waals surface area (Å²) in [5.74, 6) is 0.668. The molecule has 0 heterocycles. The molecule has 0 atom stereocenters. The van der Waals surface area contributed by atoms with Gasteiger partial charge in [0.25, 0.3) is 0 Å². The maximum absolute atomic E-state index is 12.2. The van der Waals surface area contributed by atoms with Gasteiger partial charge in [-0.2, -0.15) is 5.26 Å². The van der Waals surface area contributed by atoms with Gasteiger partial charge in [0.2, 0.25) is 5.91 Å². The fourth-order valence-corrected chi connectivity index (χ4v) is 3.24. The van der Waals surface area contributed by atoms with Crippen LogP contribution in [0.1, 0.15) is 12.0 Å². The molecule has 1 N–H and O–H groups in total. The third-order valence-corrected chi connectivity index (χ3v) is 4.45. The number of nitriles is 1. The molecule has 0 saturated carbocycles. The highest BCUT2D eigenvalue weighted by Gasteiger charge is 2.08. The number of para-hydroxylation sites is 1. The maximum Gasteiger partial charge on any atom is 0.228 e. The van der Waals surface area contributed by atoms with Gasteiger partial charge in [0.05, 0.1) is 18.2 Å². The quantitative estimate of drug-likeness (QED) is 0.591. The van der Waals surface area contributed by atoms with Crippen LogP contribution in [0.5, 0.6) is 0 Å². The van der Waals surface area contributed by atoms with Crippen LogP contribution in [-0.4, -0.2) is 11.7 Å². The normalized spacial score (nSPS) is 10.0. The Kier molecular flexibility index (Phi) is 6.50. The minimum absolute atomic E-state index is 0.0496. The van der Waals surface area contributed by atoms with Gasteiger partial charge in [-0.1, -0.05) is 40.2 Å². The van der Waals surface area contributed by atoms with E-state index >= 15 is 0 Å². The van der Waals surface area contributed by atoms with Crippen LogP contribution >= 0.6 is 27.7 Å². The van der Waals surface area contributed by atoms with Gasteiger partial charge in [0, 0.05) is 21.5 Å². The first-order chi connectivity index (χ1) is 10.7. The van der Waals surface area contributed by atoms with Gasteiger partial charge in [-0.25, -0.2) is 0 Å². The van der Waals surface area contributed by atoms with Crippen LogP contribution in [0.25, 0.3) is 0 Å². The van der Waals surface area contributed by atoms with E-state index in [0.29, 0.717) is 12.8 Å². The summed E-state index contributed by atoms with van der Waals surface area (Å²) in [4.78, 5) is 13.2. The van der Waals surface area contributed by atoms with Gasteiger partial charge >= 0.3 is 0 Å². The van der Waals surface area contributed by atoms with E-state index in [2.05, 4.69) is 27.3 Å². The zero-order valence-corrected chi connectivity index (χ0v) is 14.3. The first kappa shape index (κ1) is 16.6. The van der Waals surface area contributed by atoms with Crippen molar-refractivity contribution in [3.63, 3.8) is 0 Å². The van der Waals surface area contributed by atoms with Crippen LogP contribution in [0.3, 0.4) is 0 Å². The Morgan fingerprint density at radius 1 is 1.23 bits per heavy atom. The highest BCUT2D eigenvalue weighted by molar-refractivity contribution is 9.10. The summed E-state index contributed by atoms with van der Waals surface area (Å²) in [5, 5.41) is 11.6. The average molecular weight is 375 g/mol. The fraction of sp³-hybridized carbons (Fsp3) is 0.176. The van der Waals surface area contributed by atoms with E-state index in [1.165, 1.54) is 0 Å². The number of halogens is 1. The van der Waals surface area contributed by atoms with Crippen molar-refractivity contribution in [2.75, 3.05) is 11.1 Å². The van der Waals surface area contributed by atoms with Crippen molar-refractivity contribution in [2.24, 2.45) is 0 Å². The SMILES string of the molecule is N#CCCSc1ccccc1NC(=O)Cc1cccc(Br)c1. The Hall–Kier alpha value is -1.77. The molecule has 22 heavy (non-hydrogen) atoms. The van der Waals surface area contributed by atoms with Crippen molar-refractivity contribution < 1.29 is 4.79 Å². The topological polar surface area (TPSA) is 52.9 Å². The van der Waals surface area contributed by atoms with Crippen LogP contribution in [-0.2, 0) is 11.2 Å². The van der Waals surface area contributed by atoms with E-state index < -0.39 is 0 Å². The second-order valence-electron chi connectivity index (χ2n) is 4.61. The lowest BCUT2D eigenvalue weighted by molar-refractivity contribution is -0.115. The van der Waals surface area contributed by atoms with Crippen molar-refractivity contribution in [1.29, 1.82) is 5.26 Å². The van der Waals surface area contributed by atoms with Crippen molar-refractivity contribution in [1.82, 2.24) is 0 Å². The third-order valence-electron chi connectivity index (χ3n) is 2.89. The highest BCUT2D eigenvalue weighted by Crippen LogP contribution is 2.27. The lowest BCUT2D eigenvalue weighted by Crippen LogP contribution is -2.14. The minimum atomic E-state index is -0.0496. The number of hydrogen-bond acceptors (Lipinski definition) is 3. The second-order valence-corrected chi connectivity index (χ2v) is 6.66. The van der Waals surface area contributed by atoms with Crippen LogP contribution in [0.15, 0.2) is 57.9 Å². The van der Waals surface area contributed by atoms with Crippen molar-refractivity contribution in [2.45, 2.75) is 17.7 Å². The van der Waals surface area contributed by atoms with Gasteiger partial charge in [-0.15, -0.1) is 11.8 Å². The number of carbonyl (C=O) groups is 1. The lowest BCUT2D eigenvalue weighted by Gasteiger charge is -2.10. The monoisotopic (exact) mass is 374 g/mol. The Balaban J connectivity index is 2.00. The van der Waals surface area contributed by atoms with Crippen LogP contribution in [0.4, 0.5) is 5.69 Å². The molecule has 0 aliphatic carbocycles. The molecule has 5 heteroatoms. The highest BCUT2D eigenvalue weighted by atomic mass is 79.9. The molecule has 2 aromatic carbocycles. The summed E-state index contributed by atoms with van der Waals surface area (Å²) >= 11 is 4.98. The Morgan fingerprint density at radius 3 is 2.82 bits per heavy atom. The van der Waals surface area contributed by atoms with Crippen molar-refractivity contribution in [3.05, 3.63) is 58.6 Å². The standard InChI is InChI=1S/C17H15BrN2OS/c18-14-6-3-5-13(11-14)12-17(21)20-15-7-1-2-8-16(15)22-10-4-9-19/h1-3,5-8,11H,4,10,12H2,(H,20,21). The Morgan fingerprint density at radius 2 is 2.05 bits per heavy atom. The molecule has 3 nitrogen and oxygen atoms in total. The number of hydrogen-bond donors (Lipinski definition) is 1. The molecule has 0 bridgehead atoms. The molecule has 0 aliphatic rings. The zero-order chi connectivity index (χ0) is 15.8. The molecule has 0 fully saturated rings. The van der Waals surface area contributed by atoms with Gasteiger partial charge in [0.15, 0.2) is 0 Å². The van der Waals surface area contributed by atoms with Gasteiger partial charge in [0.1, 0.15) is 0 Å². The largest absolute Gasteiger partial charge is 0.325 e. The Labute approximate surface area is 142 Å². The first-order valence-electron chi connectivity index (χ1n) is 6.82. The number of benzene rings is 2. The summed E-state index contributed by atoms with van der Waals surface area (Å²) in [6.07, 6.45) is 0.821. The van der Waals surface area contributed by atoms with Crippen LogP contribution in [0, 0.1) is 11.3 Å². The number of amides is 1. The molecule has 0 radical (unpaired) electrons. The fourth-order valence-electron chi connectivity index (χ4n) is 1.93. The van der Waals surface area contributed by atoms with Crippen LogP contribution < -0.4 is 5.32 Å². The zero-order valence-electron chi connectivity index (χ0n) is 11.9. The van der Waals surface area contributed by atoms with E-state index in [9.17, 15) is 4.79 Å². The maximum atomic E-state index is 12.2. The Bertz CT molecular complexity index is 697. The molecular formula is C17H15BrN2OS. The smallest absolute Gasteiger partial charge is 0.228 e. The average Bonchev–Trinajstić information content (AvgIpc) is 2.49. The summed E-state index contributed by atoms with van der Waals surface area (Å²) < 4.78 is 0.963. The van der Waals surface area contributed by atoms with E-state index in [4.69, 9.17) is 5.26 Å². The number of anilines is 1. The number of nitrogens with zero attached hydrogens (tertiary/aromatic N) is 1. The van der Waals surface area contributed by atoms with Crippen LogP contribution in [0.2, 0.25) is 0 Å². The second kappa shape index (κ2) is 8.62. The summed E-state index contributed by atoms with van der Waals surface area (Å²) in [6, 6.07) is 17.5. The number of rotatable bonds is 6. The van der Waals surface area contributed by atoms with Crippen molar-refractivity contribution in [3.8, 4) is 6.07 Å². The molecule has 2 rings (SSSR count). The van der Waals surface area contributed by atoms with Gasteiger partial charge < -0.3 is 5.32 Å². The molecule has 0 saturated heterocycles. The molecule has 0 spiro atoms. The molecule has 2 aromatic rings.